The Morgan fingerprint density at radius 2 is 1.64 bits per heavy atom. The number of esters is 1. The zero-order chi connectivity index (χ0) is 17.2. The Hall–Kier alpha value is -0.180. The van der Waals surface area contributed by atoms with E-state index in [1.54, 1.807) is 6.92 Å². The fraction of sp³-hybridized carbons (Fsp3) is 0.308. The van der Waals surface area contributed by atoms with E-state index in [9.17, 15) is 19.5 Å². The molecule has 0 saturated carbocycles. The van der Waals surface area contributed by atoms with Gasteiger partial charge in [-0.15, -0.1) is 0 Å². The van der Waals surface area contributed by atoms with Crippen LogP contribution in [0.3, 0.4) is 0 Å². The van der Waals surface area contributed by atoms with Gasteiger partial charge in [-0.25, -0.2) is 4.79 Å². The average Bonchev–Trinajstić information content (AvgIpc) is 2.32. The van der Waals surface area contributed by atoms with Gasteiger partial charge in [0.25, 0.3) is 0 Å². The number of halogens is 3. The number of anilines is 1. The molecule has 22 heavy (non-hydrogen) atoms. The highest BCUT2D eigenvalue weighted by Crippen LogP contribution is 2.39. The van der Waals surface area contributed by atoms with Crippen LogP contribution in [0.1, 0.15) is 42.8 Å². The molecular formula is C13H12I3NO5. The van der Waals surface area contributed by atoms with Crippen LogP contribution in [0.4, 0.5) is 5.69 Å². The largest absolute Gasteiger partial charge is 0.478 e. The average molecular weight is 643 g/mol. The van der Waals surface area contributed by atoms with Crippen LogP contribution in [-0.4, -0.2) is 23.0 Å². The normalized spacial score (nSPS) is 11.7. The molecule has 0 aliphatic carbocycles. The number of ether oxygens (including phenoxy) is 1. The SMILES string of the molecule is CC(=O)Nc1c(I)c(C(=O)O)c(I)c(C(C)OC(C)=O)c1I. The number of carbonyl (C=O) groups is 3. The lowest BCUT2D eigenvalue weighted by molar-refractivity contribution is -0.145. The molecule has 1 amide bonds. The molecule has 0 aromatic heterocycles. The smallest absolute Gasteiger partial charge is 0.337 e. The van der Waals surface area contributed by atoms with E-state index in [4.69, 9.17) is 4.74 Å². The van der Waals surface area contributed by atoms with Crippen LogP contribution in [0.15, 0.2) is 0 Å². The van der Waals surface area contributed by atoms with Gasteiger partial charge < -0.3 is 15.2 Å². The molecule has 0 saturated heterocycles. The molecule has 6 nitrogen and oxygen atoms in total. The summed E-state index contributed by atoms with van der Waals surface area (Å²) in [5.41, 5.74) is 1.07. The summed E-state index contributed by atoms with van der Waals surface area (Å²) in [6.45, 7) is 4.30. The fourth-order valence-corrected chi connectivity index (χ4v) is 6.60. The molecule has 120 valence electrons. The standard InChI is InChI=1S/C13H12I3NO5/c1-4(22-6(3)19)7-9(14)8(13(20)21)11(16)12(10(7)15)17-5(2)18/h4H,1-3H3,(H,17,18)(H,20,21). The molecule has 1 aromatic rings. The van der Waals surface area contributed by atoms with Gasteiger partial charge in [0, 0.05) is 26.6 Å². The van der Waals surface area contributed by atoms with Gasteiger partial charge in [-0.3, -0.25) is 9.59 Å². The molecule has 1 atom stereocenters. The van der Waals surface area contributed by atoms with E-state index >= 15 is 0 Å². The zero-order valence-corrected chi connectivity index (χ0v) is 18.3. The first kappa shape index (κ1) is 19.9. The highest BCUT2D eigenvalue weighted by Gasteiger charge is 2.28. The topological polar surface area (TPSA) is 92.7 Å². The van der Waals surface area contributed by atoms with E-state index in [0.717, 1.165) is 0 Å². The van der Waals surface area contributed by atoms with Crippen molar-refractivity contribution < 1.29 is 24.2 Å². The number of amides is 1. The highest BCUT2D eigenvalue weighted by atomic mass is 127. The monoisotopic (exact) mass is 643 g/mol. The lowest BCUT2D eigenvalue weighted by Gasteiger charge is -2.21. The van der Waals surface area contributed by atoms with Gasteiger partial charge in [-0.1, -0.05) is 0 Å². The van der Waals surface area contributed by atoms with Crippen LogP contribution in [0.5, 0.6) is 0 Å². The second-order valence-corrected chi connectivity index (χ2v) is 7.58. The van der Waals surface area contributed by atoms with Gasteiger partial charge in [0.1, 0.15) is 6.10 Å². The van der Waals surface area contributed by atoms with Crippen molar-refractivity contribution in [2.24, 2.45) is 0 Å². The van der Waals surface area contributed by atoms with Crippen LogP contribution >= 0.6 is 67.8 Å². The van der Waals surface area contributed by atoms with E-state index in [-0.39, 0.29) is 11.5 Å². The van der Waals surface area contributed by atoms with Crippen molar-refractivity contribution in [3.63, 3.8) is 0 Å². The minimum atomic E-state index is -1.10. The molecule has 0 fully saturated rings. The second kappa shape index (κ2) is 8.08. The maximum atomic E-state index is 11.6. The first-order valence-electron chi connectivity index (χ1n) is 5.96. The summed E-state index contributed by atoms with van der Waals surface area (Å²) in [7, 11) is 0. The van der Waals surface area contributed by atoms with E-state index < -0.39 is 18.0 Å². The zero-order valence-electron chi connectivity index (χ0n) is 11.8. The molecular weight excluding hydrogens is 631 g/mol. The summed E-state index contributed by atoms with van der Waals surface area (Å²) in [5.74, 6) is -1.87. The predicted octanol–water partition coefficient (Wildman–Crippen LogP) is 3.78. The summed E-state index contributed by atoms with van der Waals surface area (Å²) < 4.78 is 6.75. The number of rotatable bonds is 4. The lowest BCUT2D eigenvalue weighted by Crippen LogP contribution is -2.18. The van der Waals surface area contributed by atoms with E-state index in [1.165, 1.54) is 13.8 Å². The molecule has 2 N–H and O–H groups in total. The van der Waals surface area contributed by atoms with Gasteiger partial charge in [0.2, 0.25) is 5.91 Å². The Balaban J connectivity index is 3.68. The maximum absolute atomic E-state index is 11.6. The Labute approximate surface area is 168 Å². The molecule has 9 heteroatoms. The quantitative estimate of drug-likeness (QED) is 0.386. The minimum Gasteiger partial charge on any atom is -0.478 e. The number of hydrogen-bond acceptors (Lipinski definition) is 4. The Morgan fingerprint density at radius 3 is 2.05 bits per heavy atom. The van der Waals surface area contributed by atoms with Crippen LogP contribution in [-0.2, 0) is 14.3 Å². The van der Waals surface area contributed by atoms with Gasteiger partial charge in [0.05, 0.1) is 14.8 Å². The van der Waals surface area contributed by atoms with Gasteiger partial charge in [-0.05, 0) is 74.7 Å². The predicted molar refractivity (Wildman–Crippen MR) is 106 cm³/mol. The van der Waals surface area contributed by atoms with Crippen LogP contribution < -0.4 is 5.32 Å². The third-order valence-corrected chi connectivity index (χ3v) is 5.93. The van der Waals surface area contributed by atoms with Gasteiger partial charge in [0.15, 0.2) is 0 Å². The van der Waals surface area contributed by atoms with Crippen molar-refractivity contribution in [1.82, 2.24) is 0 Å². The van der Waals surface area contributed by atoms with Gasteiger partial charge in [-0.2, -0.15) is 0 Å². The minimum absolute atomic E-state index is 0.0827. The Morgan fingerprint density at radius 1 is 1.09 bits per heavy atom. The first-order valence-corrected chi connectivity index (χ1v) is 9.20. The summed E-state index contributed by atoms with van der Waals surface area (Å²) >= 11 is 5.84. The van der Waals surface area contributed by atoms with E-state index in [2.05, 4.69) is 5.32 Å². The lowest BCUT2D eigenvalue weighted by atomic mass is 10.0. The number of benzene rings is 1. The van der Waals surface area contributed by atoms with Crippen molar-refractivity contribution >= 4 is 91.3 Å². The number of carbonyl (C=O) groups excluding carboxylic acids is 2. The number of nitrogens with one attached hydrogen (secondary N) is 1. The number of carboxylic acids is 1. The highest BCUT2D eigenvalue weighted by molar-refractivity contribution is 14.1. The summed E-state index contributed by atoms with van der Waals surface area (Å²) in [4.78, 5) is 34.1. The van der Waals surface area contributed by atoms with Gasteiger partial charge >= 0.3 is 11.9 Å². The Bertz CT molecular complexity index is 660. The second-order valence-electron chi connectivity index (χ2n) is 4.34. The molecule has 0 spiro atoms. The van der Waals surface area contributed by atoms with Crippen molar-refractivity contribution in [2.45, 2.75) is 26.9 Å². The number of aromatic carboxylic acids is 1. The summed E-state index contributed by atoms with van der Waals surface area (Å²) in [5, 5.41) is 12.1. The van der Waals surface area contributed by atoms with Crippen LogP contribution in [0.2, 0.25) is 0 Å². The van der Waals surface area contributed by atoms with E-state index in [0.29, 0.717) is 22.0 Å². The molecule has 1 rings (SSSR count). The molecule has 1 unspecified atom stereocenters. The molecule has 0 aliphatic rings. The number of hydrogen-bond donors (Lipinski definition) is 2. The molecule has 0 heterocycles. The summed E-state index contributed by atoms with van der Waals surface area (Å²) in [6.07, 6.45) is -0.626. The van der Waals surface area contributed by atoms with Crippen LogP contribution in [0.25, 0.3) is 0 Å². The molecule has 1 aromatic carbocycles. The molecule has 0 aliphatic heterocycles. The Kier molecular flexibility index (Phi) is 7.29. The van der Waals surface area contributed by atoms with Crippen LogP contribution in [0, 0.1) is 10.7 Å². The first-order chi connectivity index (χ1) is 10.1. The van der Waals surface area contributed by atoms with Crippen molar-refractivity contribution in [3.05, 3.63) is 21.8 Å². The van der Waals surface area contributed by atoms with Crippen molar-refractivity contribution in [1.29, 1.82) is 0 Å². The fourth-order valence-electron chi connectivity index (χ4n) is 1.82. The third-order valence-electron chi connectivity index (χ3n) is 2.62. The molecule has 0 radical (unpaired) electrons. The molecule has 0 bridgehead atoms. The number of carboxylic acid groups (broad SMARTS) is 1. The van der Waals surface area contributed by atoms with Crippen molar-refractivity contribution in [2.75, 3.05) is 5.32 Å². The van der Waals surface area contributed by atoms with E-state index in [1.807, 2.05) is 67.8 Å². The third kappa shape index (κ3) is 4.43. The summed E-state index contributed by atoms with van der Waals surface area (Å²) in [6, 6.07) is 0. The maximum Gasteiger partial charge on any atom is 0.337 e. The van der Waals surface area contributed by atoms with Crippen molar-refractivity contribution in [3.8, 4) is 0 Å².